The maximum absolute atomic E-state index is 12.7. The minimum Gasteiger partial charge on any atom is -0.444 e. The van der Waals surface area contributed by atoms with Crippen LogP contribution in [0.5, 0.6) is 0 Å². The molecule has 2 aromatic heterocycles. The predicted molar refractivity (Wildman–Crippen MR) is 314 cm³/mol. The van der Waals surface area contributed by atoms with Crippen molar-refractivity contribution in [1.29, 1.82) is 0 Å². The van der Waals surface area contributed by atoms with Crippen molar-refractivity contribution >= 4 is 64.6 Å². The summed E-state index contributed by atoms with van der Waals surface area (Å²) in [7, 11) is 3.68. The fourth-order valence-electron chi connectivity index (χ4n) is 12.5. The Morgan fingerprint density at radius 1 is 0.605 bits per heavy atom. The van der Waals surface area contributed by atoms with E-state index in [2.05, 4.69) is 87.7 Å². The standard InChI is InChI=1S/C32H46N8O4.C27H38N8O2/c1-21-24(40-19-18-37(6)29(40)42)8-7-15-39(21)25-20-34-26(27(33)41)28(36-25)35-23-11-9-22(10-12-23)32(5)13-16-38(17-14-32)30(43)44-31(2,3)4;1-18-21(35-16-15-33(3)26(35)37)5-4-14-34(18)22-17-30-23(24(28)36)25(32-22)31-20-8-6-19(7-9-20)27(2)10-12-29-13-11-27/h9-12,20-21,24H,7-8,13-19H2,1-6H3,(H2,33,41)(H,35,36);6-9,17-18,21,29H,4-5,10-16H2,1-3H3,(H2,28,36)(H,31,32)/t21-,24-;18-,21-/m11/s1. The number of hydrogen-bond donors (Lipinski definition) is 5. The van der Waals surface area contributed by atoms with E-state index in [9.17, 15) is 24.0 Å². The Kier molecular flexibility index (Phi) is 17.2. The molecule has 8 heterocycles. The summed E-state index contributed by atoms with van der Waals surface area (Å²) in [4.78, 5) is 94.4. The van der Waals surface area contributed by atoms with E-state index >= 15 is 0 Å². The van der Waals surface area contributed by atoms with Crippen LogP contribution in [0.4, 0.5) is 49.0 Å². The molecule has 6 aliphatic rings. The van der Waals surface area contributed by atoms with E-state index < -0.39 is 17.4 Å². The zero-order valence-electron chi connectivity index (χ0n) is 48.8. The molecule has 0 saturated carbocycles. The molecule has 7 N–H and O–H groups in total. The fraction of sp³-hybridized carbons (Fsp3) is 0.576. The number of carbonyl (C=O) groups excluding carboxylic acids is 5. The molecule has 22 nitrogen and oxygen atoms in total. The summed E-state index contributed by atoms with van der Waals surface area (Å²) in [5.41, 5.74) is 15.1. The van der Waals surface area contributed by atoms with Crippen molar-refractivity contribution in [3.8, 4) is 0 Å². The van der Waals surface area contributed by atoms with Gasteiger partial charge in [-0.3, -0.25) is 9.59 Å². The third-order valence-corrected chi connectivity index (χ3v) is 17.7. The first-order valence-electron chi connectivity index (χ1n) is 28.9. The minimum atomic E-state index is -0.664. The summed E-state index contributed by atoms with van der Waals surface area (Å²) in [6.45, 7) is 22.3. The minimum absolute atomic E-state index is 0.0301. The van der Waals surface area contributed by atoms with Crippen LogP contribution in [0, 0.1) is 0 Å². The molecule has 81 heavy (non-hydrogen) atoms. The Hall–Kier alpha value is -7.49. The zero-order valence-corrected chi connectivity index (χ0v) is 48.8. The third-order valence-electron chi connectivity index (χ3n) is 17.7. The molecule has 7 amide bonds. The first kappa shape index (κ1) is 58.2. The molecule has 0 spiro atoms. The van der Waals surface area contributed by atoms with Gasteiger partial charge in [-0.05, 0) is 145 Å². The number of urea groups is 2. The van der Waals surface area contributed by atoms with Crippen LogP contribution in [-0.4, -0.2) is 184 Å². The number of likely N-dealkylation sites (N-methyl/N-ethyl adjacent to an activating group) is 2. The average Bonchev–Trinajstić information content (AvgIpc) is 4.03. The molecular formula is C59H84N16O6. The highest BCUT2D eigenvalue weighted by Gasteiger charge is 2.42. The second-order valence-electron chi connectivity index (χ2n) is 24.4. The number of aromatic nitrogens is 4. The number of primary amides is 2. The summed E-state index contributed by atoms with van der Waals surface area (Å²) in [5.74, 6) is 0.653. The van der Waals surface area contributed by atoms with Crippen LogP contribution in [0.2, 0.25) is 0 Å². The van der Waals surface area contributed by atoms with Gasteiger partial charge in [0.2, 0.25) is 0 Å². The van der Waals surface area contributed by atoms with Gasteiger partial charge in [0.1, 0.15) is 17.2 Å². The van der Waals surface area contributed by atoms with Gasteiger partial charge in [-0.15, -0.1) is 0 Å². The van der Waals surface area contributed by atoms with Gasteiger partial charge in [0.25, 0.3) is 11.8 Å². The smallest absolute Gasteiger partial charge is 0.410 e. The van der Waals surface area contributed by atoms with E-state index in [0.29, 0.717) is 42.9 Å². The van der Waals surface area contributed by atoms with E-state index in [0.717, 1.165) is 109 Å². The summed E-state index contributed by atoms with van der Waals surface area (Å²) in [5, 5.41) is 9.99. The summed E-state index contributed by atoms with van der Waals surface area (Å²) >= 11 is 0. The first-order valence-corrected chi connectivity index (χ1v) is 28.9. The monoisotopic (exact) mass is 1110 g/mol. The maximum atomic E-state index is 12.7. The Bertz CT molecular complexity index is 2920. The van der Waals surface area contributed by atoms with Crippen LogP contribution in [0.3, 0.4) is 0 Å². The predicted octanol–water partition coefficient (Wildman–Crippen LogP) is 7.02. The SMILES string of the molecule is C[C@@H]1[C@H](N2CCN(C)C2=O)CCCN1c1cnc(C(N)=O)c(Nc2ccc(C3(C)CCN(C(=O)OC(C)(C)C)CC3)cc2)n1.C[C@@H]1[C@H](N2CCN(C)C2=O)CCCN1c1cnc(C(N)=O)c(Nc2ccc(C3(C)CCNCC3)cc2)n1. The van der Waals surface area contributed by atoms with Gasteiger partial charge in [0, 0.05) is 89.9 Å². The lowest BCUT2D eigenvalue weighted by atomic mass is 9.74. The van der Waals surface area contributed by atoms with E-state index in [1.807, 2.05) is 68.9 Å². The zero-order chi connectivity index (χ0) is 58.0. The van der Waals surface area contributed by atoms with E-state index in [4.69, 9.17) is 26.2 Å². The molecule has 0 radical (unpaired) electrons. The number of ether oxygens (including phenoxy) is 1. The maximum Gasteiger partial charge on any atom is 0.410 e. The number of hydrogen-bond acceptors (Lipinski definition) is 15. The van der Waals surface area contributed by atoms with Crippen molar-refractivity contribution in [2.75, 3.05) is 100.0 Å². The van der Waals surface area contributed by atoms with Gasteiger partial charge in [-0.2, -0.15) is 0 Å². The molecule has 10 rings (SSSR count). The van der Waals surface area contributed by atoms with Gasteiger partial charge in [0.15, 0.2) is 23.0 Å². The Morgan fingerprint density at radius 3 is 1.38 bits per heavy atom. The number of likely N-dealkylation sites (tertiary alicyclic amines) is 1. The van der Waals surface area contributed by atoms with Crippen LogP contribution in [0.25, 0.3) is 0 Å². The van der Waals surface area contributed by atoms with Crippen molar-refractivity contribution in [3.63, 3.8) is 0 Å². The molecule has 6 aliphatic heterocycles. The lowest BCUT2D eigenvalue weighted by molar-refractivity contribution is 0.0171. The lowest BCUT2D eigenvalue weighted by Crippen LogP contribution is -2.55. The highest BCUT2D eigenvalue weighted by molar-refractivity contribution is 5.97. The fourth-order valence-corrected chi connectivity index (χ4v) is 12.5. The highest BCUT2D eigenvalue weighted by Crippen LogP contribution is 2.38. The third kappa shape index (κ3) is 12.8. The van der Waals surface area contributed by atoms with Crippen molar-refractivity contribution in [3.05, 3.63) is 83.4 Å². The van der Waals surface area contributed by atoms with E-state index in [1.165, 1.54) is 11.1 Å². The largest absolute Gasteiger partial charge is 0.444 e. The van der Waals surface area contributed by atoms with Crippen LogP contribution in [0.1, 0.15) is 132 Å². The molecule has 0 bridgehead atoms. The number of benzene rings is 2. The highest BCUT2D eigenvalue weighted by atomic mass is 16.6. The topological polar surface area (TPSA) is 257 Å². The van der Waals surface area contributed by atoms with E-state index in [-0.39, 0.29) is 64.5 Å². The normalized spacial score (nSPS) is 23.0. The van der Waals surface area contributed by atoms with Gasteiger partial charge >= 0.3 is 18.2 Å². The quantitative estimate of drug-likeness (QED) is 0.0956. The molecule has 22 heteroatoms. The number of carbonyl (C=O) groups is 5. The Morgan fingerprint density at radius 2 is 1.01 bits per heavy atom. The van der Waals surface area contributed by atoms with Gasteiger partial charge < -0.3 is 66.5 Å². The summed E-state index contributed by atoms with van der Waals surface area (Å²) < 4.78 is 5.55. The molecule has 436 valence electrons. The van der Waals surface area contributed by atoms with Crippen molar-refractivity contribution in [2.24, 2.45) is 11.5 Å². The van der Waals surface area contributed by atoms with Crippen molar-refractivity contribution in [1.82, 2.24) is 49.8 Å². The Labute approximate surface area is 476 Å². The number of nitrogens with zero attached hydrogens (tertiary/aromatic N) is 11. The second-order valence-corrected chi connectivity index (χ2v) is 24.4. The molecular weight excluding hydrogens is 1030 g/mol. The van der Waals surface area contributed by atoms with Crippen LogP contribution in [0.15, 0.2) is 60.9 Å². The van der Waals surface area contributed by atoms with Crippen molar-refractivity contribution < 1.29 is 28.7 Å². The van der Waals surface area contributed by atoms with Crippen molar-refractivity contribution in [2.45, 2.75) is 140 Å². The molecule has 6 fully saturated rings. The Balaban J connectivity index is 0.000000198. The molecule has 4 atom stereocenters. The number of anilines is 6. The second kappa shape index (κ2) is 23.9. The average molecular weight is 1110 g/mol. The number of amides is 7. The van der Waals surface area contributed by atoms with Crippen LogP contribution in [-0.2, 0) is 15.6 Å². The summed E-state index contributed by atoms with van der Waals surface area (Å²) in [6, 6.07) is 16.8. The van der Waals surface area contributed by atoms with Gasteiger partial charge in [-0.1, -0.05) is 38.1 Å². The van der Waals surface area contributed by atoms with Crippen LogP contribution < -0.4 is 37.2 Å². The number of rotatable bonds is 12. The lowest BCUT2D eigenvalue weighted by Gasteiger charge is -2.43. The first-order chi connectivity index (χ1) is 38.5. The molecule has 0 aliphatic carbocycles. The van der Waals surface area contributed by atoms with Gasteiger partial charge in [-0.25, -0.2) is 34.3 Å². The van der Waals surface area contributed by atoms with Crippen LogP contribution >= 0.6 is 0 Å². The number of nitrogens with one attached hydrogen (secondary N) is 3. The van der Waals surface area contributed by atoms with Gasteiger partial charge in [0.05, 0.1) is 24.5 Å². The molecule has 0 unspecified atom stereocenters. The molecule has 2 aromatic carbocycles. The molecule has 6 saturated heterocycles. The summed E-state index contributed by atoms with van der Waals surface area (Å²) in [6.07, 6.45) is 10.6. The number of piperidine rings is 4. The molecule has 4 aromatic rings. The van der Waals surface area contributed by atoms with E-state index in [1.54, 1.807) is 27.1 Å². The number of nitrogens with two attached hydrogens (primary N) is 2.